The Balaban J connectivity index is 1.96. The minimum Gasteiger partial charge on any atom is -0.497 e. The van der Waals surface area contributed by atoms with Crippen LogP contribution in [0.15, 0.2) is 42.5 Å². The number of fused-ring (bicyclic) bond motifs is 1. The Labute approximate surface area is 195 Å². The van der Waals surface area contributed by atoms with E-state index >= 15 is 0 Å². The van der Waals surface area contributed by atoms with Crippen molar-refractivity contribution in [3.8, 4) is 5.75 Å². The Morgan fingerprint density at radius 3 is 2.48 bits per heavy atom. The lowest BCUT2D eigenvalue weighted by atomic mass is 10.1. The van der Waals surface area contributed by atoms with E-state index in [2.05, 4.69) is 5.32 Å². The molecule has 0 aliphatic carbocycles. The molecule has 174 valence electrons. The van der Waals surface area contributed by atoms with E-state index in [-0.39, 0.29) is 25.6 Å². The molecule has 0 bridgehead atoms. The first-order valence-electron chi connectivity index (χ1n) is 10.1. The van der Waals surface area contributed by atoms with Crippen LogP contribution in [0.3, 0.4) is 0 Å². The van der Waals surface area contributed by atoms with Gasteiger partial charge in [0.05, 0.1) is 25.8 Å². The summed E-state index contributed by atoms with van der Waals surface area (Å²) >= 11 is 5.94. The van der Waals surface area contributed by atoms with Gasteiger partial charge in [-0.2, -0.15) is 0 Å². The van der Waals surface area contributed by atoms with Gasteiger partial charge >= 0.3 is 12.0 Å². The van der Waals surface area contributed by atoms with Crippen LogP contribution in [0.25, 0.3) is 10.9 Å². The molecule has 2 N–H and O–H groups in total. The number of amides is 2. The minimum atomic E-state index is -0.879. The van der Waals surface area contributed by atoms with Crippen molar-refractivity contribution in [1.29, 1.82) is 0 Å². The molecule has 2 amide bonds. The summed E-state index contributed by atoms with van der Waals surface area (Å²) < 4.78 is 11.6. The predicted octanol–water partition coefficient (Wildman–Crippen LogP) is 3.76. The number of benzene rings is 2. The highest BCUT2D eigenvalue weighted by molar-refractivity contribution is 6.30. The van der Waals surface area contributed by atoms with Crippen molar-refractivity contribution in [3.63, 3.8) is 0 Å². The zero-order chi connectivity index (χ0) is 24.1. The van der Waals surface area contributed by atoms with E-state index in [1.54, 1.807) is 56.3 Å². The first kappa shape index (κ1) is 24.1. The third-order valence-corrected chi connectivity index (χ3v) is 5.32. The van der Waals surface area contributed by atoms with Gasteiger partial charge < -0.3 is 14.8 Å². The third-order valence-electron chi connectivity index (χ3n) is 5.07. The molecule has 3 aromatic rings. The molecule has 3 rings (SSSR count). The van der Waals surface area contributed by atoms with Gasteiger partial charge in [-0.05, 0) is 56.3 Å². The van der Waals surface area contributed by atoms with Crippen molar-refractivity contribution < 1.29 is 29.1 Å². The van der Waals surface area contributed by atoms with Gasteiger partial charge in [-0.3, -0.25) is 19.4 Å². The standard InChI is InChI=1S/C23H24ClN3O6/c1-4-33-21(28)12-25-23(30)26(31)13-19-14(2)27(20-10-9-17(32-3)11-18(19)20)22(29)15-5-7-16(24)8-6-15/h5-11,31H,4,12-13H2,1-3H3,(H,25,30). The molecule has 0 atom stereocenters. The van der Waals surface area contributed by atoms with E-state index in [0.717, 1.165) is 0 Å². The van der Waals surface area contributed by atoms with Gasteiger partial charge in [0.25, 0.3) is 5.91 Å². The maximum atomic E-state index is 13.3. The Morgan fingerprint density at radius 1 is 1.15 bits per heavy atom. The second-order valence-electron chi connectivity index (χ2n) is 7.12. The molecule has 2 aromatic carbocycles. The zero-order valence-corrected chi connectivity index (χ0v) is 19.2. The Bertz CT molecular complexity index is 1190. The van der Waals surface area contributed by atoms with Gasteiger partial charge in [-0.25, -0.2) is 9.86 Å². The molecule has 0 aliphatic rings. The van der Waals surface area contributed by atoms with Crippen molar-refractivity contribution >= 4 is 40.4 Å². The van der Waals surface area contributed by atoms with Crippen LogP contribution in [-0.2, 0) is 16.1 Å². The van der Waals surface area contributed by atoms with Gasteiger partial charge in [0.1, 0.15) is 12.3 Å². The molecule has 33 heavy (non-hydrogen) atoms. The number of esters is 1. The second kappa shape index (κ2) is 10.4. The topological polar surface area (TPSA) is 110 Å². The third kappa shape index (κ3) is 5.27. The Kier molecular flexibility index (Phi) is 7.57. The number of hydrogen-bond donors (Lipinski definition) is 2. The van der Waals surface area contributed by atoms with Crippen LogP contribution >= 0.6 is 11.6 Å². The molecule has 0 aliphatic heterocycles. The summed E-state index contributed by atoms with van der Waals surface area (Å²) in [5, 5.41) is 14.2. The number of carbonyl (C=O) groups is 3. The molecule has 0 fully saturated rings. The fourth-order valence-electron chi connectivity index (χ4n) is 3.44. The number of nitrogens with one attached hydrogen (secondary N) is 1. The van der Waals surface area contributed by atoms with E-state index in [4.69, 9.17) is 21.1 Å². The summed E-state index contributed by atoms with van der Waals surface area (Å²) in [4.78, 5) is 37.0. The van der Waals surface area contributed by atoms with E-state index in [1.165, 1.54) is 11.7 Å². The van der Waals surface area contributed by atoms with Crippen molar-refractivity contribution in [2.45, 2.75) is 20.4 Å². The first-order valence-corrected chi connectivity index (χ1v) is 10.5. The molecule has 1 heterocycles. The number of halogens is 1. The summed E-state index contributed by atoms with van der Waals surface area (Å²) in [6, 6.07) is 10.8. The highest BCUT2D eigenvalue weighted by Gasteiger charge is 2.23. The fourth-order valence-corrected chi connectivity index (χ4v) is 3.57. The van der Waals surface area contributed by atoms with Crippen LogP contribution in [-0.4, -0.2) is 53.0 Å². The van der Waals surface area contributed by atoms with Crippen LogP contribution in [0.5, 0.6) is 5.75 Å². The number of aromatic nitrogens is 1. The SMILES string of the molecule is CCOC(=O)CNC(=O)N(O)Cc1c(C)n(C(=O)c2ccc(Cl)cc2)c2ccc(OC)cc12. The van der Waals surface area contributed by atoms with Gasteiger partial charge in [-0.1, -0.05) is 11.6 Å². The van der Waals surface area contributed by atoms with Crippen LogP contribution in [0.1, 0.15) is 28.5 Å². The van der Waals surface area contributed by atoms with E-state index in [0.29, 0.717) is 43.6 Å². The minimum absolute atomic E-state index is 0.180. The smallest absolute Gasteiger partial charge is 0.341 e. The number of methoxy groups -OCH3 is 1. The quantitative estimate of drug-likeness (QED) is 0.307. The van der Waals surface area contributed by atoms with Gasteiger partial charge in [0.15, 0.2) is 0 Å². The van der Waals surface area contributed by atoms with Crippen molar-refractivity contribution in [2.75, 3.05) is 20.3 Å². The normalized spacial score (nSPS) is 10.7. The maximum absolute atomic E-state index is 13.3. The van der Waals surface area contributed by atoms with Crippen molar-refractivity contribution in [2.24, 2.45) is 0 Å². The molecular formula is C23H24ClN3O6. The van der Waals surface area contributed by atoms with E-state index in [1.807, 2.05) is 0 Å². The van der Waals surface area contributed by atoms with Crippen LogP contribution in [0.4, 0.5) is 4.79 Å². The average Bonchev–Trinajstić information content (AvgIpc) is 3.08. The fraction of sp³-hybridized carbons (Fsp3) is 0.261. The highest BCUT2D eigenvalue weighted by Crippen LogP contribution is 2.31. The molecule has 9 nitrogen and oxygen atoms in total. The molecular weight excluding hydrogens is 450 g/mol. The van der Waals surface area contributed by atoms with Crippen molar-refractivity contribution in [3.05, 3.63) is 64.3 Å². The van der Waals surface area contributed by atoms with Crippen LogP contribution in [0, 0.1) is 6.92 Å². The van der Waals surface area contributed by atoms with Crippen LogP contribution < -0.4 is 10.1 Å². The largest absolute Gasteiger partial charge is 0.497 e. The van der Waals surface area contributed by atoms with Gasteiger partial charge in [0, 0.05) is 27.2 Å². The van der Waals surface area contributed by atoms with Gasteiger partial charge in [0.2, 0.25) is 0 Å². The number of nitrogens with zero attached hydrogens (tertiary/aromatic N) is 2. The molecule has 0 saturated carbocycles. The van der Waals surface area contributed by atoms with Crippen molar-refractivity contribution in [1.82, 2.24) is 14.9 Å². The lowest BCUT2D eigenvalue weighted by Crippen LogP contribution is -2.40. The monoisotopic (exact) mass is 473 g/mol. The number of hydrogen-bond acceptors (Lipinski definition) is 6. The molecule has 0 radical (unpaired) electrons. The van der Waals surface area contributed by atoms with E-state index in [9.17, 15) is 19.6 Å². The summed E-state index contributed by atoms with van der Waals surface area (Å²) in [5.74, 6) is -0.358. The average molecular weight is 474 g/mol. The number of urea groups is 1. The lowest BCUT2D eigenvalue weighted by Gasteiger charge is -2.16. The second-order valence-corrected chi connectivity index (χ2v) is 7.55. The first-order chi connectivity index (χ1) is 15.8. The molecule has 0 saturated heterocycles. The number of carbonyl (C=O) groups excluding carboxylic acids is 3. The highest BCUT2D eigenvalue weighted by atomic mass is 35.5. The summed E-state index contributed by atoms with van der Waals surface area (Å²) in [6.45, 7) is 2.94. The summed E-state index contributed by atoms with van der Waals surface area (Å²) in [6.07, 6.45) is 0. The number of rotatable bonds is 7. The molecule has 1 aromatic heterocycles. The Morgan fingerprint density at radius 2 is 1.85 bits per heavy atom. The Hall–Kier alpha value is -3.56. The molecule has 0 spiro atoms. The molecule has 0 unspecified atom stereocenters. The molecule has 10 heteroatoms. The summed E-state index contributed by atoms with van der Waals surface area (Å²) in [7, 11) is 1.52. The number of ether oxygens (including phenoxy) is 2. The van der Waals surface area contributed by atoms with Gasteiger partial charge in [-0.15, -0.1) is 0 Å². The predicted molar refractivity (Wildman–Crippen MR) is 122 cm³/mol. The lowest BCUT2D eigenvalue weighted by molar-refractivity contribution is -0.142. The van der Waals surface area contributed by atoms with E-state index < -0.39 is 12.0 Å². The number of hydroxylamine groups is 2. The zero-order valence-electron chi connectivity index (χ0n) is 18.4. The van der Waals surface area contributed by atoms with Crippen LogP contribution in [0.2, 0.25) is 5.02 Å². The maximum Gasteiger partial charge on any atom is 0.341 e. The summed E-state index contributed by atoms with van der Waals surface area (Å²) in [5.41, 5.74) is 2.09.